The monoisotopic (exact) mass is 295 g/mol. The first-order valence-electron chi connectivity index (χ1n) is 4.95. The number of aliphatic carboxylic acids is 1. The third kappa shape index (κ3) is 2.82. The number of nitrogens with zero attached hydrogens (tertiary/aromatic N) is 1. The van der Waals surface area contributed by atoms with E-state index in [1.54, 1.807) is 0 Å². The van der Waals surface area contributed by atoms with Gasteiger partial charge < -0.3 is 5.11 Å². The number of hydrogen-bond acceptors (Lipinski definition) is 3. The summed E-state index contributed by atoms with van der Waals surface area (Å²) < 4.78 is 58.5. The van der Waals surface area contributed by atoms with Gasteiger partial charge in [-0.3, -0.25) is 4.55 Å². The van der Waals surface area contributed by atoms with Crippen molar-refractivity contribution in [3.63, 3.8) is 0 Å². The van der Waals surface area contributed by atoms with Crippen LogP contribution in [0.2, 0.25) is 0 Å². The standard InChI is InChI=1S/C10H11F2NO5S/c1-10(2,9(14)15)13(19(16,17)18)8-6(11)4-3-5-7(8)12/h3-5H,1-2H3,(H,14,15)(H,16,17,18). The summed E-state index contributed by atoms with van der Waals surface area (Å²) in [5, 5.41) is 8.96. The molecule has 0 aromatic heterocycles. The fourth-order valence-corrected chi connectivity index (χ4v) is 2.51. The molecule has 1 aromatic rings. The van der Waals surface area contributed by atoms with Gasteiger partial charge in [0.25, 0.3) is 0 Å². The van der Waals surface area contributed by atoms with Crippen molar-refractivity contribution in [3.05, 3.63) is 29.8 Å². The van der Waals surface area contributed by atoms with Crippen LogP contribution in [0.4, 0.5) is 14.5 Å². The second-order valence-electron chi connectivity index (χ2n) is 4.18. The molecule has 0 radical (unpaired) electrons. The van der Waals surface area contributed by atoms with Crippen LogP contribution in [0.25, 0.3) is 0 Å². The molecule has 0 saturated heterocycles. The zero-order valence-electron chi connectivity index (χ0n) is 9.96. The molecule has 0 unspecified atom stereocenters. The van der Waals surface area contributed by atoms with E-state index >= 15 is 0 Å². The summed E-state index contributed by atoms with van der Waals surface area (Å²) >= 11 is 0. The van der Waals surface area contributed by atoms with E-state index in [4.69, 9.17) is 9.66 Å². The zero-order chi connectivity index (χ0) is 15.0. The van der Waals surface area contributed by atoms with Crippen LogP contribution in [-0.2, 0) is 15.1 Å². The maximum atomic E-state index is 13.6. The minimum absolute atomic E-state index is 0.215. The van der Waals surface area contributed by atoms with E-state index in [1.807, 2.05) is 0 Å². The Labute approximate surface area is 108 Å². The SMILES string of the molecule is CC(C)(C(=O)O)N(c1c(F)cccc1F)S(=O)(=O)O. The number of carboxylic acid groups (broad SMARTS) is 1. The van der Waals surface area contributed by atoms with Gasteiger partial charge in [-0.25, -0.2) is 17.9 Å². The van der Waals surface area contributed by atoms with E-state index in [1.165, 1.54) is 0 Å². The molecule has 0 saturated carbocycles. The molecule has 0 aliphatic heterocycles. The normalized spacial score (nSPS) is 12.3. The Morgan fingerprint density at radius 3 is 2.00 bits per heavy atom. The highest BCUT2D eigenvalue weighted by molar-refractivity contribution is 7.87. The molecule has 0 aliphatic rings. The van der Waals surface area contributed by atoms with Gasteiger partial charge in [0.1, 0.15) is 11.2 Å². The van der Waals surface area contributed by atoms with E-state index in [0.29, 0.717) is 0 Å². The van der Waals surface area contributed by atoms with Gasteiger partial charge in [-0.05, 0) is 26.0 Å². The zero-order valence-corrected chi connectivity index (χ0v) is 10.8. The van der Waals surface area contributed by atoms with Crippen molar-refractivity contribution >= 4 is 22.0 Å². The second kappa shape index (κ2) is 4.74. The number of carbonyl (C=O) groups is 1. The largest absolute Gasteiger partial charge is 0.479 e. The molecule has 106 valence electrons. The first-order chi connectivity index (χ1) is 8.49. The summed E-state index contributed by atoms with van der Waals surface area (Å²) in [5.74, 6) is -4.31. The lowest BCUT2D eigenvalue weighted by Crippen LogP contribution is -2.53. The molecule has 1 rings (SSSR count). The molecule has 0 heterocycles. The first-order valence-corrected chi connectivity index (χ1v) is 6.34. The van der Waals surface area contributed by atoms with Crippen molar-refractivity contribution in [2.45, 2.75) is 19.4 Å². The Kier molecular flexibility index (Phi) is 3.82. The molecule has 9 heteroatoms. The Morgan fingerprint density at radius 1 is 1.26 bits per heavy atom. The molecule has 0 atom stereocenters. The Bertz CT molecular complexity index is 594. The van der Waals surface area contributed by atoms with Crippen molar-refractivity contribution in [1.29, 1.82) is 0 Å². The van der Waals surface area contributed by atoms with Gasteiger partial charge in [-0.15, -0.1) is 0 Å². The van der Waals surface area contributed by atoms with Gasteiger partial charge in [0, 0.05) is 0 Å². The Morgan fingerprint density at radius 2 is 1.68 bits per heavy atom. The predicted octanol–water partition coefficient (Wildman–Crippen LogP) is 1.44. The van der Waals surface area contributed by atoms with Gasteiger partial charge in [-0.2, -0.15) is 8.42 Å². The number of halogens is 2. The fraction of sp³-hybridized carbons (Fsp3) is 0.300. The van der Waals surface area contributed by atoms with Crippen LogP contribution in [0.15, 0.2) is 18.2 Å². The smallest absolute Gasteiger partial charge is 0.361 e. The first kappa shape index (κ1) is 15.3. The highest BCUT2D eigenvalue weighted by Gasteiger charge is 2.44. The maximum Gasteiger partial charge on any atom is 0.361 e. The minimum Gasteiger partial charge on any atom is -0.479 e. The lowest BCUT2D eigenvalue weighted by atomic mass is 10.1. The summed E-state index contributed by atoms with van der Waals surface area (Å²) in [6.07, 6.45) is 0. The van der Waals surface area contributed by atoms with Crippen molar-refractivity contribution in [2.75, 3.05) is 4.31 Å². The molecule has 2 N–H and O–H groups in total. The highest BCUT2D eigenvalue weighted by atomic mass is 32.2. The van der Waals surface area contributed by atoms with Crippen LogP contribution in [0, 0.1) is 11.6 Å². The quantitative estimate of drug-likeness (QED) is 0.819. The Balaban J connectivity index is 3.66. The van der Waals surface area contributed by atoms with Gasteiger partial charge in [0.15, 0.2) is 11.6 Å². The number of rotatable bonds is 4. The summed E-state index contributed by atoms with van der Waals surface area (Å²) in [7, 11) is -5.19. The summed E-state index contributed by atoms with van der Waals surface area (Å²) in [6.45, 7) is 1.77. The molecule has 1 aromatic carbocycles. The van der Waals surface area contributed by atoms with Gasteiger partial charge in [-0.1, -0.05) is 6.07 Å². The number of carboxylic acids is 1. The van der Waals surface area contributed by atoms with E-state index in [-0.39, 0.29) is 4.31 Å². The molecule has 0 spiro atoms. The maximum absolute atomic E-state index is 13.6. The van der Waals surface area contributed by atoms with Crippen molar-refractivity contribution in [1.82, 2.24) is 0 Å². The molecular weight excluding hydrogens is 284 g/mol. The van der Waals surface area contributed by atoms with Gasteiger partial charge >= 0.3 is 16.3 Å². The van der Waals surface area contributed by atoms with Gasteiger partial charge in [0.2, 0.25) is 0 Å². The molecule has 0 aliphatic carbocycles. The average molecular weight is 295 g/mol. The average Bonchev–Trinajstić information content (AvgIpc) is 2.21. The lowest BCUT2D eigenvalue weighted by Gasteiger charge is -2.33. The van der Waals surface area contributed by atoms with E-state index in [9.17, 15) is 22.0 Å². The van der Waals surface area contributed by atoms with Crippen LogP contribution in [0.1, 0.15) is 13.8 Å². The van der Waals surface area contributed by atoms with E-state index in [2.05, 4.69) is 0 Å². The van der Waals surface area contributed by atoms with Crippen LogP contribution >= 0.6 is 0 Å². The molecule has 0 amide bonds. The molecule has 0 fully saturated rings. The number of para-hydroxylation sites is 1. The van der Waals surface area contributed by atoms with Crippen LogP contribution in [0.3, 0.4) is 0 Å². The topological polar surface area (TPSA) is 94.9 Å². The molecular formula is C10H11F2NO5S. The van der Waals surface area contributed by atoms with E-state index < -0.39 is 39.1 Å². The third-order valence-corrected chi connectivity index (χ3v) is 3.50. The Hall–Kier alpha value is -1.74. The van der Waals surface area contributed by atoms with Crippen LogP contribution < -0.4 is 4.31 Å². The number of anilines is 1. The number of hydrogen-bond donors (Lipinski definition) is 2. The fourth-order valence-electron chi connectivity index (χ4n) is 1.45. The lowest BCUT2D eigenvalue weighted by molar-refractivity contribution is -0.141. The van der Waals surface area contributed by atoms with Crippen molar-refractivity contribution in [2.24, 2.45) is 0 Å². The minimum atomic E-state index is -5.19. The summed E-state index contributed by atoms with van der Waals surface area (Å²) in [5.41, 5.74) is -3.44. The second-order valence-corrected chi connectivity index (χ2v) is 5.44. The molecule has 19 heavy (non-hydrogen) atoms. The van der Waals surface area contributed by atoms with E-state index in [0.717, 1.165) is 32.0 Å². The number of benzene rings is 1. The summed E-state index contributed by atoms with van der Waals surface area (Å²) in [6, 6.07) is 2.47. The molecule has 6 nitrogen and oxygen atoms in total. The predicted molar refractivity (Wildman–Crippen MR) is 62.1 cm³/mol. The van der Waals surface area contributed by atoms with Crippen LogP contribution in [0.5, 0.6) is 0 Å². The third-order valence-electron chi connectivity index (χ3n) is 2.40. The highest BCUT2D eigenvalue weighted by Crippen LogP contribution is 2.32. The van der Waals surface area contributed by atoms with Crippen molar-refractivity contribution < 1.29 is 31.7 Å². The molecule has 0 bridgehead atoms. The van der Waals surface area contributed by atoms with Gasteiger partial charge in [0.05, 0.1) is 0 Å². The van der Waals surface area contributed by atoms with Crippen molar-refractivity contribution in [3.8, 4) is 0 Å². The summed E-state index contributed by atoms with van der Waals surface area (Å²) in [4.78, 5) is 11.0. The van der Waals surface area contributed by atoms with Crippen LogP contribution in [-0.4, -0.2) is 29.6 Å².